The number of aromatic nitrogens is 1. The van der Waals surface area contributed by atoms with E-state index in [9.17, 15) is 4.79 Å². The molecule has 3 rings (SSSR count). The van der Waals surface area contributed by atoms with Gasteiger partial charge < -0.3 is 4.74 Å². The molecule has 0 radical (unpaired) electrons. The highest BCUT2D eigenvalue weighted by Crippen LogP contribution is 2.37. The maximum absolute atomic E-state index is 12.2. The second-order valence-electron chi connectivity index (χ2n) is 5.50. The Bertz CT molecular complexity index is 604. The molecule has 0 aliphatic heterocycles. The fraction of sp³-hybridized carbons (Fsp3) is 0.333. The largest absolute Gasteiger partial charge is 0.423 e. The number of pyridine rings is 1. The third-order valence-corrected chi connectivity index (χ3v) is 4.06. The van der Waals surface area contributed by atoms with Gasteiger partial charge in [-0.3, -0.25) is 4.98 Å². The molecular formula is C18H19NO2. The number of hydrogen-bond donors (Lipinski definition) is 0. The molecule has 0 saturated heterocycles. The van der Waals surface area contributed by atoms with Gasteiger partial charge in [0.25, 0.3) is 0 Å². The highest BCUT2D eigenvalue weighted by atomic mass is 16.5. The molecule has 1 heterocycles. The van der Waals surface area contributed by atoms with Crippen LogP contribution >= 0.6 is 0 Å². The first-order chi connectivity index (χ1) is 10.3. The SMILES string of the molecule is O=C(Oc1ccccc1C1CCCCC1)c1cccnc1. The summed E-state index contributed by atoms with van der Waals surface area (Å²) in [5.74, 6) is 0.862. The zero-order valence-corrected chi connectivity index (χ0v) is 12.0. The van der Waals surface area contributed by atoms with Crippen molar-refractivity contribution in [1.29, 1.82) is 0 Å². The highest BCUT2D eigenvalue weighted by molar-refractivity contribution is 5.90. The molecule has 3 nitrogen and oxygen atoms in total. The molecule has 0 bridgehead atoms. The lowest BCUT2D eigenvalue weighted by molar-refractivity contribution is 0.0731. The van der Waals surface area contributed by atoms with Crippen LogP contribution in [0, 0.1) is 0 Å². The molecule has 2 aromatic rings. The average Bonchev–Trinajstić information content (AvgIpc) is 2.57. The van der Waals surface area contributed by atoms with Crippen LogP contribution in [0.3, 0.4) is 0 Å². The summed E-state index contributed by atoms with van der Waals surface area (Å²) in [6.45, 7) is 0. The third-order valence-electron chi connectivity index (χ3n) is 4.06. The lowest BCUT2D eigenvalue weighted by Crippen LogP contribution is -2.12. The lowest BCUT2D eigenvalue weighted by atomic mass is 9.84. The van der Waals surface area contributed by atoms with Crippen molar-refractivity contribution in [2.75, 3.05) is 0 Å². The Balaban J connectivity index is 1.80. The molecule has 0 unspecified atom stereocenters. The minimum atomic E-state index is -0.341. The van der Waals surface area contributed by atoms with E-state index in [4.69, 9.17) is 4.74 Å². The van der Waals surface area contributed by atoms with Gasteiger partial charge in [-0.05, 0) is 42.5 Å². The maximum atomic E-state index is 12.2. The molecule has 1 saturated carbocycles. The second kappa shape index (κ2) is 6.53. The number of rotatable bonds is 3. The van der Waals surface area contributed by atoms with Gasteiger partial charge in [0.15, 0.2) is 0 Å². The van der Waals surface area contributed by atoms with Gasteiger partial charge in [-0.25, -0.2) is 4.79 Å². The van der Waals surface area contributed by atoms with E-state index in [0.29, 0.717) is 17.2 Å². The molecule has 3 heteroatoms. The fourth-order valence-corrected chi connectivity index (χ4v) is 2.97. The van der Waals surface area contributed by atoms with Crippen LogP contribution in [0.4, 0.5) is 0 Å². The number of carbonyl (C=O) groups excluding carboxylic acids is 1. The Morgan fingerprint density at radius 1 is 1.05 bits per heavy atom. The molecule has 0 atom stereocenters. The van der Waals surface area contributed by atoms with Crippen LogP contribution in [0.5, 0.6) is 5.75 Å². The van der Waals surface area contributed by atoms with Gasteiger partial charge in [-0.2, -0.15) is 0 Å². The molecule has 21 heavy (non-hydrogen) atoms. The lowest BCUT2D eigenvalue weighted by Gasteiger charge is -2.23. The molecular weight excluding hydrogens is 262 g/mol. The van der Waals surface area contributed by atoms with E-state index < -0.39 is 0 Å². The number of ether oxygens (including phenoxy) is 1. The number of esters is 1. The summed E-state index contributed by atoms with van der Waals surface area (Å²) in [6.07, 6.45) is 9.38. The molecule has 1 aliphatic carbocycles. The quantitative estimate of drug-likeness (QED) is 0.620. The average molecular weight is 281 g/mol. The van der Waals surface area contributed by atoms with Crippen LogP contribution in [0.15, 0.2) is 48.8 Å². The van der Waals surface area contributed by atoms with E-state index in [1.54, 1.807) is 18.3 Å². The van der Waals surface area contributed by atoms with Crippen molar-refractivity contribution < 1.29 is 9.53 Å². The van der Waals surface area contributed by atoms with Crippen LogP contribution in [-0.2, 0) is 0 Å². The standard InChI is InChI=1S/C18H19NO2/c20-18(15-9-6-12-19-13-15)21-17-11-5-4-10-16(17)14-7-2-1-3-8-14/h4-6,9-14H,1-3,7-8H2. The summed E-state index contributed by atoms with van der Waals surface area (Å²) < 4.78 is 5.61. The number of nitrogens with zero attached hydrogens (tertiary/aromatic N) is 1. The molecule has 1 aromatic carbocycles. The number of benzene rings is 1. The minimum Gasteiger partial charge on any atom is -0.423 e. The van der Waals surface area contributed by atoms with Gasteiger partial charge in [-0.15, -0.1) is 0 Å². The molecule has 108 valence electrons. The van der Waals surface area contributed by atoms with Crippen molar-refractivity contribution in [3.63, 3.8) is 0 Å². The van der Waals surface area contributed by atoms with E-state index in [2.05, 4.69) is 11.1 Å². The summed E-state index contributed by atoms with van der Waals surface area (Å²) in [5, 5.41) is 0. The molecule has 1 aromatic heterocycles. The van der Waals surface area contributed by atoms with Crippen LogP contribution < -0.4 is 4.74 Å². The first kappa shape index (κ1) is 13.8. The van der Waals surface area contributed by atoms with Crippen molar-refractivity contribution in [3.8, 4) is 5.75 Å². The van der Waals surface area contributed by atoms with Crippen molar-refractivity contribution in [3.05, 3.63) is 59.9 Å². The van der Waals surface area contributed by atoms with Crippen molar-refractivity contribution in [2.24, 2.45) is 0 Å². The Kier molecular flexibility index (Phi) is 4.29. The van der Waals surface area contributed by atoms with Crippen molar-refractivity contribution in [2.45, 2.75) is 38.0 Å². The van der Waals surface area contributed by atoms with Gasteiger partial charge >= 0.3 is 5.97 Å². The monoisotopic (exact) mass is 281 g/mol. The molecule has 0 amide bonds. The van der Waals surface area contributed by atoms with Gasteiger partial charge in [-0.1, -0.05) is 37.5 Å². The molecule has 1 fully saturated rings. The van der Waals surface area contributed by atoms with Gasteiger partial charge in [0.2, 0.25) is 0 Å². The Morgan fingerprint density at radius 2 is 1.86 bits per heavy atom. The van der Waals surface area contributed by atoms with E-state index in [0.717, 1.165) is 5.56 Å². The summed E-state index contributed by atoms with van der Waals surface area (Å²) in [5.41, 5.74) is 1.64. The molecule has 0 N–H and O–H groups in total. The molecule has 1 aliphatic rings. The van der Waals surface area contributed by atoms with E-state index in [1.807, 2.05) is 18.2 Å². The first-order valence-corrected chi connectivity index (χ1v) is 7.56. The number of hydrogen-bond acceptors (Lipinski definition) is 3. The van der Waals surface area contributed by atoms with Gasteiger partial charge in [0.1, 0.15) is 5.75 Å². The van der Waals surface area contributed by atoms with Crippen LogP contribution in [-0.4, -0.2) is 11.0 Å². The van der Waals surface area contributed by atoms with Crippen LogP contribution in [0.2, 0.25) is 0 Å². The third kappa shape index (κ3) is 3.30. The first-order valence-electron chi connectivity index (χ1n) is 7.56. The molecule has 0 spiro atoms. The Morgan fingerprint density at radius 3 is 2.62 bits per heavy atom. The van der Waals surface area contributed by atoms with E-state index in [-0.39, 0.29) is 5.97 Å². The Labute approximate surface area is 125 Å². The smallest absolute Gasteiger partial charge is 0.345 e. The van der Waals surface area contributed by atoms with Gasteiger partial charge in [0, 0.05) is 12.4 Å². The van der Waals surface area contributed by atoms with E-state index in [1.165, 1.54) is 38.3 Å². The summed E-state index contributed by atoms with van der Waals surface area (Å²) in [4.78, 5) is 16.1. The fourth-order valence-electron chi connectivity index (χ4n) is 2.97. The van der Waals surface area contributed by atoms with E-state index >= 15 is 0 Å². The zero-order chi connectivity index (χ0) is 14.5. The zero-order valence-electron chi connectivity index (χ0n) is 12.0. The number of para-hydroxylation sites is 1. The number of carbonyl (C=O) groups is 1. The van der Waals surface area contributed by atoms with Crippen LogP contribution in [0.25, 0.3) is 0 Å². The summed E-state index contributed by atoms with van der Waals surface area (Å²) >= 11 is 0. The van der Waals surface area contributed by atoms with Crippen molar-refractivity contribution >= 4 is 5.97 Å². The predicted molar refractivity (Wildman–Crippen MR) is 81.5 cm³/mol. The van der Waals surface area contributed by atoms with Gasteiger partial charge in [0.05, 0.1) is 5.56 Å². The second-order valence-corrected chi connectivity index (χ2v) is 5.50. The normalized spacial score (nSPS) is 15.6. The van der Waals surface area contributed by atoms with Crippen LogP contribution in [0.1, 0.15) is 53.9 Å². The topological polar surface area (TPSA) is 39.2 Å². The summed E-state index contributed by atoms with van der Waals surface area (Å²) in [7, 11) is 0. The Hall–Kier alpha value is -2.16. The minimum absolute atomic E-state index is 0.341. The van der Waals surface area contributed by atoms with Crippen molar-refractivity contribution in [1.82, 2.24) is 4.98 Å². The maximum Gasteiger partial charge on any atom is 0.345 e. The summed E-state index contributed by atoms with van der Waals surface area (Å²) in [6, 6.07) is 11.4. The highest BCUT2D eigenvalue weighted by Gasteiger charge is 2.20. The predicted octanol–water partition coefficient (Wildman–Crippen LogP) is 4.35.